The van der Waals surface area contributed by atoms with Gasteiger partial charge in [0, 0.05) is 26.3 Å². The van der Waals surface area contributed by atoms with Crippen molar-refractivity contribution in [2.24, 2.45) is 0 Å². The van der Waals surface area contributed by atoms with Crippen molar-refractivity contribution in [1.82, 2.24) is 10.2 Å². The summed E-state index contributed by atoms with van der Waals surface area (Å²) in [4.78, 5) is 12.8. The van der Waals surface area contributed by atoms with Gasteiger partial charge in [0.2, 0.25) is 0 Å². The Morgan fingerprint density at radius 3 is 2.11 bits per heavy atom. The summed E-state index contributed by atoms with van der Waals surface area (Å²) < 4.78 is 32.0. The number of nitrogens with zero attached hydrogens (tertiary/aromatic N) is 1. The van der Waals surface area contributed by atoms with Crippen molar-refractivity contribution >= 4 is 16.0 Å². The molecule has 0 aromatic rings. The van der Waals surface area contributed by atoms with E-state index >= 15 is 0 Å². The third-order valence-electron chi connectivity index (χ3n) is 2.29. The monoisotopic (exact) mass is 278 g/mol. The van der Waals surface area contributed by atoms with Crippen molar-refractivity contribution in [1.29, 1.82) is 0 Å². The van der Waals surface area contributed by atoms with Crippen molar-refractivity contribution in [2.45, 2.75) is 33.1 Å². The fraction of sp³-hybridized carbons (Fsp3) is 0.727. The first-order valence-corrected chi connectivity index (χ1v) is 7.35. The summed E-state index contributed by atoms with van der Waals surface area (Å²) in [5.41, 5.74) is 0.314. The van der Waals surface area contributed by atoms with Crippen LogP contribution in [0.4, 0.5) is 0 Å². The van der Waals surface area contributed by atoms with Crippen LogP contribution in [0, 0.1) is 0 Å². The highest BCUT2D eigenvalue weighted by atomic mass is 32.2. The number of nitrogens with one attached hydrogen (secondary N) is 1. The second kappa shape index (κ2) is 7.38. The third-order valence-corrected chi connectivity index (χ3v) is 3.23. The first-order chi connectivity index (χ1) is 8.25. The van der Waals surface area contributed by atoms with Crippen molar-refractivity contribution in [3.63, 3.8) is 0 Å². The molecule has 0 radical (unpaired) electrons. The number of carbonyl (C=O) groups excluding carboxylic acids is 1. The molecule has 0 aliphatic carbocycles. The Bertz CT molecular complexity index is 413. The average molecular weight is 278 g/mol. The molecule has 2 N–H and O–H groups in total. The zero-order valence-corrected chi connectivity index (χ0v) is 12.2. The first kappa shape index (κ1) is 16.9. The molecule has 0 bridgehead atoms. The molecule has 0 aromatic heterocycles. The van der Waals surface area contributed by atoms with E-state index in [9.17, 15) is 17.8 Å². The van der Waals surface area contributed by atoms with Gasteiger partial charge in [-0.3, -0.25) is 9.35 Å². The van der Waals surface area contributed by atoms with E-state index in [2.05, 4.69) is 5.32 Å². The van der Waals surface area contributed by atoms with Crippen LogP contribution in [0.2, 0.25) is 0 Å². The lowest BCUT2D eigenvalue weighted by atomic mass is 10.2. The van der Waals surface area contributed by atoms with Crippen molar-refractivity contribution in [3.8, 4) is 0 Å². The number of allylic oxidation sites excluding steroid dienone is 1. The quantitative estimate of drug-likeness (QED) is 0.535. The van der Waals surface area contributed by atoms with Gasteiger partial charge in [-0.05, 0) is 12.8 Å². The molecule has 0 atom stereocenters. The molecule has 18 heavy (non-hydrogen) atoms. The van der Waals surface area contributed by atoms with Crippen LogP contribution in [0.3, 0.4) is 0 Å². The van der Waals surface area contributed by atoms with Crippen LogP contribution in [0.5, 0.6) is 0 Å². The van der Waals surface area contributed by atoms with Crippen molar-refractivity contribution < 1.29 is 17.8 Å². The van der Waals surface area contributed by atoms with Gasteiger partial charge in [0.15, 0.2) is 4.91 Å². The first-order valence-electron chi connectivity index (χ1n) is 5.91. The highest BCUT2D eigenvalue weighted by Crippen LogP contribution is 2.18. The smallest absolute Gasteiger partial charge is 0.301 e. The van der Waals surface area contributed by atoms with Crippen LogP contribution in [0.25, 0.3) is 0 Å². The second-order valence-electron chi connectivity index (χ2n) is 4.15. The molecular weight excluding hydrogens is 256 g/mol. The van der Waals surface area contributed by atoms with Gasteiger partial charge in [-0.15, -0.1) is 0 Å². The van der Waals surface area contributed by atoms with Crippen molar-refractivity contribution in [3.05, 3.63) is 10.6 Å². The summed E-state index contributed by atoms with van der Waals surface area (Å²) in [5.74, 6) is -0.753. The number of hydrogen-bond donors (Lipinski definition) is 2. The molecule has 0 fully saturated rings. The van der Waals surface area contributed by atoms with Gasteiger partial charge in [-0.1, -0.05) is 20.3 Å². The van der Waals surface area contributed by atoms with Gasteiger partial charge in [-0.25, -0.2) is 0 Å². The van der Waals surface area contributed by atoms with E-state index in [-0.39, 0.29) is 0 Å². The van der Waals surface area contributed by atoms with Crippen LogP contribution in [0.1, 0.15) is 33.1 Å². The summed E-state index contributed by atoms with van der Waals surface area (Å²) in [6.07, 6.45) is 1.77. The lowest BCUT2D eigenvalue weighted by Crippen LogP contribution is -2.32. The Hall–Kier alpha value is -1.08. The predicted octanol–water partition coefficient (Wildman–Crippen LogP) is 0.974. The largest absolute Gasteiger partial charge is 0.380 e. The predicted molar refractivity (Wildman–Crippen MR) is 70.5 cm³/mol. The van der Waals surface area contributed by atoms with E-state index in [1.165, 1.54) is 4.90 Å². The van der Waals surface area contributed by atoms with E-state index in [1.54, 1.807) is 14.1 Å². The minimum Gasteiger partial charge on any atom is -0.380 e. The molecule has 0 unspecified atom stereocenters. The summed E-state index contributed by atoms with van der Waals surface area (Å²) in [6, 6.07) is 0. The van der Waals surface area contributed by atoms with Gasteiger partial charge >= 0.3 is 10.1 Å². The summed E-state index contributed by atoms with van der Waals surface area (Å²) in [7, 11) is -1.25. The maximum atomic E-state index is 11.8. The van der Waals surface area contributed by atoms with E-state index in [4.69, 9.17) is 0 Å². The molecule has 0 aromatic carbocycles. The summed E-state index contributed by atoms with van der Waals surface area (Å²) in [6.45, 7) is 4.09. The average Bonchev–Trinajstić information content (AvgIpc) is 2.23. The van der Waals surface area contributed by atoms with Gasteiger partial charge < -0.3 is 10.2 Å². The lowest BCUT2D eigenvalue weighted by molar-refractivity contribution is -0.117. The molecule has 0 aliphatic heterocycles. The highest BCUT2D eigenvalue weighted by molar-refractivity contribution is 7.90. The fourth-order valence-corrected chi connectivity index (χ4v) is 2.38. The molecule has 0 heterocycles. The zero-order chi connectivity index (χ0) is 14.3. The molecule has 0 saturated heterocycles. The van der Waals surface area contributed by atoms with Gasteiger partial charge in [-0.2, -0.15) is 8.42 Å². The van der Waals surface area contributed by atoms with Crippen LogP contribution in [-0.2, 0) is 14.9 Å². The second-order valence-corrected chi connectivity index (χ2v) is 5.51. The highest BCUT2D eigenvalue weighted by Gasteiger charge is 2.27. The van der Waals surface area contributed by atoms with E-state index in [1.807, 2.05) is 13.8 Å². The van der Waals surface area contributed by atoms with Crippen LogP contribution in [0.15, 0.2) is 10.6 Å². The molecule has 0 spiro atoms. The molecular formula is C11H22N2O4S. The minimum absolute atomic E-state index is 0.314. The van der Waals surface area contributed by atoms with Crippen LogP contribution in [-0.4, -0.2) is 44.4 Å². The summed E-state index contributed by atoms with van der Waals surface area (Å²) >= 11 is 0. The fourth-order valence-electron chi connectivity index (χ4n) is 1.49. The lowest BCUT2D eigenvalue weighted by Gasteiger charge is -2.20. The Kier molecular flexibility index (Phi) is 6.93. The molecule has 0 saturated carbocycles. The molecule has 1 amide bonds. The van der Waals surface area contributed by atoms with Gasteiger partial charge in [0.05, 0.1) is 0 Å². The Morgan fingerprint density at radius 2 is 1.78 bits per heavy atom. The zero-order valence-electron chi connectivity index (χ0n) is 11.4. The van der Waals surface area contributed by atoms with Gasteiger partial charge in [0.1, 0.15) is 0 Å². The Morgan fingerprint density at radius 1 is 1.22 bits per heavy atom. The Balaban J connectivity index is 5.58. The number of hydrogen-bond acceptors (Lipinski definition) is 4. The molecule has 0 rings (SSSR count). The summed E-state index contributed by atoms with van der Waals surface area (Å²) in [5, 5.41) is 2.47. The molecule has 6 nitrogen and oxygen atoms in total. The van der Waals surface area contributed by atoms with E-state index < -0.39 is 20.9 Å². The standard InChI is InChI=1S/C11H22N2O4S/c1-5-7-9(13(3)4)10(18(15,16)17)11(14)12-8-6-2/h5-8H2,1-4H3,(H,12,14)(H,15,16,17)/b10-9-. The van der Waals surface area contributed by atoms with Crippen LogP contribution >= 0.6 is 0 Å². The number of amides is 1. The number of carbonyl (C=O) groups is 1. The molecule has 7 heteroatoms. The van der Waals surface area contributed by atoms with E-state index in [0.29, 0.717) is 31.5 Å². The molecule has 106 valence electrons. The van der Waals surface area contributed by atoms with E-state index in [0.717, 1.165) is 0 Å². The minimum atomic E-state index is -4.54. The third kappa shape index (κ3) is 5.05. The van der Waals surface area contributed by atoms with Crippen LogP contribution < -0.4 is 5.32 Å². The van der Waals surface area contributed by atoms with Gasteiger partial charge in [0.25, 0.3) is 5.91 Å². The molecule has 0 aliphatic rings. The SMILES string of the molecule is CCCNC(=O)/C(=C(\CCC)N(C)C)S(=O)(=O)O. The Labute approximate surface area is 109 Å². The number of rotatable bonds is 7. The maximum absolute atomic E-state index is 11.8. The maximum Gasteiger partial charge on any atom is 0.301 e. The topological polar surface area (TPSA) is 86.7 Å². The van der Waals surface area contributed by atoms with Crippen molar-refractivity contribution in [2.75, 3.05) is 20.6 Å². The normalized spacial score (nSPS) is 12.9.